The molecular formula is C22H38IN5O2. The first-order valence-corrected chi connectivity index (χ1v) is 10.7. The van der Waals surface area contributed by atoms with E-state index in [1.807, 2.05) is 19.1 Å². The Morgan fingerprint density at radius 3 is 2.57 bits per heavy atom. The highest BCUT2D eigenvalue weighted by molar-refractivity contribution is 14.0. The Bertz CT molecular complexity index is 665. The highest BCUT2D eigenvalue weighted by Crippen LogP contribution is 2.31. The van der Waals surface area contributed by atoms with E-state index in [2.05, 4.69) is 44.9 Å². The number of carbonyl (C=O) groups is 1. The average Bonchev–Trinajstić information content (AvgIpc) is 3.27. The summed E-state index contributed by atoms with van der Waals surface area (Å²) in [5, 5.41) is 9.66. The summed E-state index contributed by atoms with van der Waals surface area (Å²) in [5.41, 5.74) is 1.19. The van der Waals surface area contributed by atoms with Gasteiger partial charge in [-0.3, -0.25) is 14.7 Å². The molecule has 1 fully saturated rings. The van der Waals surface area contributed by atoms with Crippen molar-refractivity contribution in [3.63, 3.8) is 0 Å². The third kappa shape index (κ3) is 8.29. The molecule has 0 aliphatic carbocycles. The zero-order chi connectivity index (χ0) is 21.1. The topological polar surface area (TPSA) is 78.0 Å². The lowest BCUT2D eigenvalue weighted by Gasteiger charge is -2.30. The Balaban J connectivity index is 0.00000450. The van der Waals surface area contributed by atoms with Crippen LogP contribution in [-0.4, -0.2) is 63.1 Å². The first kappa shape index (κ1) is 26.5. The van der Waals surface area contributed by atoms with Gasteiger partial charge in [-0.2, -0.15) is 0 Å². The number of benzene rings is 1. The third-order valence-electron chi connectivity index (χ3n) is 5.43. The lowest BCUT2D eigenvalue weighted by atomic mass is 10.0. The highest BCUT2D eigenvalue weighted by Gasteiger charge is 2.26. The molecule has 30 heavy (non-hydrogen) atoms. The van der Waals surface area contributed by atoms with Gasteiger partial charge in [0.15, 0.2) is 5.96 Å². The maximum atomic E-state index is 11.9. The number of amides is 1. The van der Waals surface area contributed by atoms with E-state index in [9.17, 15) is 4.79 Å². The zero-order valence-corrected chi connectivity index (χ0v) is 21.1. The number of aliphatic imine (C=N–C) groups is 1. The summed E-state index contributed by atoms with van der Waals surface area (Å²) >= 11 is 0. The predicted octanol–water partition coefficient (Wildman–Crippen LogP) is 2.92. The molecule has 2 rings (SSSR count). The van der Waals surface area contributed by atoms with Crippen LogP contribution in [-0.2, 0) is 4.79 Å². The van der Waals surface area contributed by atoms with Crippen LogP contribution >= 0.6 is 24.0 Å². The van der Waals surface area contributed by atoms with Crippen molar-refractivity contribution in [3.8, 4) is 5.75 Å². The summed E-state index contributed by atoms with van der Waals surface area (Å²) in [5.74, 6) is 1.68. The predicted molar refractivity (Wildman–Crippen MR) is 134 cm³/mol. The Morgan fingerprint density at radius 2 is 1.93 bits per heavy atom. The maximum absolute atomic E-state index is 11.9. The lowest BCUT2D eigenvalue weighted by Crippen LogP contribution is -2.44. The SMILES string of the molecule is CCC(C)NC(=O)CCNC(=NC)NCC(c1ccccc1OC)N1CCCC1.I. The fourth-order valence-corrected chi connectivity index (χ4v) is 3.59. The molecule has 3 N–H and O–H groups in total. The van der Waals surface area contributed by atoms with Crippen molar-refractivity contribution in [2.75, 3.05) is 40.3 Å². The van der Waals surface area contributed by atoms with Crippen LogP contribution in [0.5, 0.6) is 5.75 Å². The standard InChI is InChI=1S/C22H37N5O2.HI/c1-5-17(2)26-21(28)12-13-24-22(23-3)25-16-19(27-14-8-9-15-27)18-10-6-7-11-20(18)29-4;/h6-7,10-11,17,19H,5,8-9,12-16H2,1-4H3,(H,26,28)(H2,23,24,25);1H. The van der Waals surface area contributed by atoms with Crippen LogP contribution in [0.2, 0.25) is 0 Å². The number of likely N-dealkylation sites (tertiary alicyclic amines) is 1. The second kappa shape index (κ2) is 14.5. The molecule has 1 amide bonds. The second-order valence-electron chi connectivity index (χ2n) is 7.51. The third-order valence-corrected chi connectivity index (χ3v) is 5.43. The number of halogens is 1. The first-order valence-electron chi connectivity index (χ1n) is 10.7. The number of para-hydroxylation sites is 1. The number of guanidine groups is 1. The van der Waals surface area contributed by atoms with Crippen molar-refractivity contribution >= 4 is 35.8 Å². The van der Waals surface area contributed by atoms with Gasteiger partial charge >= 0.3 is 0 Å². The Morgan fingerprint density at radius 1 is 1.23 bits per heavy atom. The number of ether oxygens (including phenoxy) is 1. The van der Waals surface area contributed by atoms with Gasteiger partial charge in [-0.25, -0.2) is 0 Å². The highest BCUT2D eigenvalue weighted by atomic mass is 127. The van der Waals surface area contributed by atoms with Crippen LogP contribution < -0.4 is 20.7 Å². The van der Waals surface area contributed by atoms with E-state index in [4.69, 9.17) is 4.74 Å². The van der Waals surface area contributed by atoms with Crippen molar-refractivity contribution in [3.05, 3.63) is 29.8 Å². The van der Waals surface area contributed by atoms with Crippen LogP contribution in [0.1, 0.15) is 51.1 Å². The Labute approximate surface area is 198 Å². The number of carbonyl (C=O) groups excluding carboxylic acids is 1. The van der Waals surface area contributed by atoms with E-state index >= 15 is 0 Å². The summed E-state index contributed by atoms with van der Waals surface area (Å²) in [6, 6.07) is 8.63. The van der Waals surface area contributed by atoms with Gasteiger partial charge in [0.1, 0.15) is 5.75 Å². The van der Waals surface area contributed by atoms with E-state index in [1.165, 1.54) is 18.4 Å². The second-order valence-corrected chi connectivity index (χ2v) is 7.51. The molecular weight excluding hydrogens is 493 g/mol. The molecule has 1 heterocycles. The molecule has 1 aliphatic heterocycles. The van der Waals surface area contributed by atoms with Gasteiger partial charge in [0.25, 0.3) is 0 Å². The molecule has 0 saturated carbocycles. The summed E-state index contributed by atoms with van der Waals surface area (Å²) in [4.78, 5) is 18.8. The monoisotopic (exact) mass is 531 g/mol. The molecule has 8 heteroatoms. The van der Waals surface area contributed by atoms with Crippen LogP contribution in [0.3, 0.4) is 0 Å². The van der Waals surface area contributed by atoms with Crippen molar-refractivity contribution in [1.82, 2.24) is 20.9 Å². The first-order chi connectivity index (χ1) is 14.1. The minimum atomic E-state index is 0. The quantitative estimate of drug-likeness (QED) is 0.246. The summed E-state index contributed by atoms with van der Waals surface area (Å²) in [7, 11) is 3.47. The largest absolute Gasteiger partial charge is 0.496 e. The number of nitrogens with one attached hydrogen (secondary N) is 3. The van der Waals surface area contributed by atoms with E-state index in [0.29, 0.717) is 18.9 Å². The maximum Gasteiger partial charge on any atom is 0.221 e. The zero-order valence-electron chi connectivity index (χ0n) is 18.7. The molecule has 0 spiro atoms. The number of rotatable bonds is 10. The normalized spacial score (nSPS) is 16.3. The van der Waals surface area contributed by atoms with Crippen molar-refractivity contribution < 1.29 is 9.53 Å². The van der Waals surface area contributed by atoms with Gasteiger partial charge in [-0.1, -0.05) is 25.1 Å². The molecule has 1 aromatic carbocycles. The van der Waals surface area contributed by atoms with Crippen molar-refractivity contribution in [2.45, 2.75) is 51.6 Å². The van der Waals surface area contributed by atoms with Gasteiger partial charge in [-0.05, 0) is 45.3 Å². The molecule has 0 radical (unpaired) electrons. The number of methoxy groups -OCH3 is 1. The molecule has 1 aromatic rings. The number of nitrogens with zero attached hydrogens (tertiary/aromatic N) is 2. The Hall–Kier alpha value is -1.55. The molecule has 7 nitrogen and oxygen atoms in total. The van der Waals surface area contributed by atoms with Crippen LogP contribution in [0.25, 0.3) is 0 Å². The molecule has 1 saturated heterocycles. The van der Waals surface area contributed by atoms with Gasteiger partial charge in [-0.15, -0.1) is 24.0 Å². The van der Waals surface area contributed by atoms with E-state index < -0.39 is 0 Å². The fraction of sp³-hybridized carbons (Fsp3) is 0.636. The molecule has 0 aromatic heterocycles. The molecule has 0 bridgehead atoms. The summed E-state index contributed by atoms with van der Waals surface area (Å²) in [6.45, 7) is 7.53. The van der Waals surface area contributed by atoms with Crippen LogP contribution in [0, 0.1) is 0 Å². The summed E-state index contributed by atoms with van der Waals surface area (Å²) < 4.78 is 5.61. The molecule has 1 aliphatic rings. The molecule has 170 valence electrons. The molecule has 2 unspecified atom stereocenters. The number of hydrogen-bond donors (Lipinski definition) is 3. The average molecular weight is 531 g/mol. The minimum Gasteiger partial charge on any atom is -0.496 e. The number of hydrogen-bond acceptors (Lipinski definition) is 4. The van der Waals surface area contributed by atoms with E-state index in [0.717, 1.165) is 31.8 Å². The van der Waals surface area contributed by atoms with Gasteiger partial charge in [0, 0.05) is 38.2 Å². The van der Waals surface area contributed by atoms with Gasteiger partial charge < -0.3 is 20.7 Å². The fourth-order valence-electron chi connectivity index (χ4n) is 3.59. The van der Waals surface area contributed by atoms with Gasteiger partial charge in [0.2, 0.25) is 5.91 Å². The van der Waals surface area contributed by atoms with E-state index in [-0.39, 0.29) is 42.0 Å². The minimum absolute atomic E-state index is 0. The lowest BCUT2D eigenvalue weighted by molar-refractivity contribution is -0.121. The van der Waals surface area contributed by atoms with Crippen LogP contribution in [0.4, 0.5) is 0 Å². The Kier molecular flexibility index (Phi) is 12.8. The summed E-state index contributed by atoms with van der Waals surface area (Å²) in [6.07, 6.45) is 3.81. The smallest absolute Gasteiger partial charge is 0.221 e. The molecule has 2 atom stereocenters. The van der Waals surface area contributed by atoms with Crippen molar-refractivity contribution in [2.24, 2.45) is 4.99 Å². The van der Waals surface area contributed by atoms with Gasteiger partial charge in [0.05, 0.1) is 13.2 Å². The van der Waals surface area contributed by atoms with Crippen LogP contribution in [0.15, 0.2) is 29.3 Å². The van der Waals surface area contributed by atoms with Crippen molar-refractivity contribution in [1.29, 1.82) is 0 Å². The van der Waals surface area contributed by atoms with E-state index in [1.54, 1.807) is 14.2 Å².